The quantitative estimate of drug-likeness (QED) is 0.724. The number of benzene rings is 1. The van der Waals surface area contributed by atoms with Crippen molar-refractivity contribution in [3.8, 4) is 5.69 Å². The highest BCUT2D eigenvalue weighted by molar-refractivity contribution is 9.10. The summed E-state index contributed by atoms with van der Waals surface area (Å²) in [5.41, 5.74) is 9.94. The van der Waals surface area contributed by atoms with E-state index < -0.39 is 0 Å². The SMILES string of the molecule is CC(C)(C)c1ccccc1-n1c(N)nc2cc(Br)cnc21. The Hall–Kier alpha value is -1.88. The molecule has 0 amide bonds. The maximum atomic E-state index is 6.14. The van der Waals surface area contributed by atoms with Gasteiger partial charge < -0.3 is 5.73 Å². The van der Waals surface area contributed by atoms with Crippen molar-refractivity contribution in [3.63, 3.8) is 0 Å². The molecule has 2 N–H and O–H groups in total. The molecule has 3 aromatic rings. The number of imidazole rings is 1. The molecule has 0 saturated heterocycles. The summed E-state index contributed by atoms with van der Waals surface area (Å²) < 4.78 is 2.81. The number of pyridine rings is 1. The predicted octanol–water partition coefficient (Wildman–Crippen LogP) is 4.06. The Balaban J connectivity index is 2.34. The van der Waals surface area contributed by atoms with Crippen LogP contribution in [0.5, 0.6) is 0 Å². The summed E-state index contributed by atoms with van der Waals surface area (Å²) in [6, 6.07) is 10.2. The van der Waals surface area contributed by atoms with Gasteiger partial charge in [-0.2, -0.15) is 0 Å². The van der Waals surface area contributed by atoms with Crippen LogP contribution in [-0.2, 0) is 5.41 Å². The summed E-state index contributed by atoms with van der Waals surface area (Å²) in [5, 5.41) is 0. The third-order valence-corrected chi connectivity index (χ3v) is 3.88. The fourth-order valence-corrected chi connectivity index (χ4v) is 2.82. The molecule has 0 saturated carbocycles. The molecule has 1 aromatic carbocycles. The molecule has 21 heavy (non-hydrogen) atoms. The molecule has 0 fully saturated rings. The second-order valence-corrected chi connectivity index (χ2v) is 6.98. The van der Waals surface area contributed by atoms with Gasteiger partial charge in [0.25, 0.3) is 0 Å². The molecule has 108 valence electrons. The van der Waals surface area contributed by atoms with E-state index in [-0.39, 0.29) is 5.41 Å². The van der Waals surface area contributed by atoms with Crippen molar-refractivity contribution in [3.05, 3.63) is 46.6 Å². The Bertz CT molecular complexity index is 815. The molecule has 0 aliphatic rings. The van der Waals surface area contributed by atoms with Crippen LogP contribution in [0.1, 0.15) is 26.3 Å². The summed E-state index contributed by atoms with van der Waals surface area (Å²) >= 11 is 3.42. The average Bonchev–Trinajstić information content (AvgIpc) is 2.72. The minimum absolute atomic E-state index is 0.00892. The number of halogens is 1. The molecular formula is C16H17BrN4. The van der Waals surface area contributed by atoms with E-state index in [1.54, 1.807) is 6.20 Å². The highest BCUT2D eigenvalue weighted by Crippen LogP contribution is 2.32. The molecule has 2 aromatic heterocycles. The Morgan fingerprint density at radius 2 is 1.90 bits per heavy atom. The number of anilines is 1. The van der Waals surface area contributed by atoms with Crippen molar-refractivity contribution in [2.24, 2.45) is 0 Å². The predicted molar refractivity (Wildman–Crippen MR) is 89.7 cm³/mol. The van der Waals surface area contributed by atoms with Crippen LogP contribution in [0.4, 0.5) is 5.95 Å². The summed E-state index contributed by atoms with van der Waals surface area (Å²) in [4.78, 5) is 8.90. The summed E-state index contributed by atoms with van der Waals surface area (Å²) in [5.74, 6) is 0.451. The van der Waals surface area contributed by atoms with E-state index in [9.17, 15) is 0 Å². The normalized spacial score (nSPS) is 12.0. The molecular weight excluding hydrogens is 328 g/mol. The Labute approximate surface area is 132 Å². The minimum Gasteiger partial charge on any atom is -0.369 e. The highest BCUT2D eigenvalue weighted by Gasteiger charge is 2.21. The first-order chi connectivity index (χ1) is 9.88. The van der Waals surface area contributed by atoms with Crippen molar-refractivity contribution in [2.45, 2.75) is 26.2 Å². The Morgan fingerprint density at radius 3 is 2.62 bits per heavy atom. The lowest BCUT2D eigenvalue weighted by Crippen LogP contribution is -2.16. The summed E-state index contributed by atoms with van der Waals surface area (Å²) in [6.07, 6.45) is 1.76. The van der Waals surface area contributed by atoms with Crippen molar-refractivity contribution >= 4 is 33.0 Å². The number of hydrogen-bond donors (Lipinski definition) is 1. The standard InChI is InChI=1S/C16H17BrN4/c1-16(2,3)11-6-4-5-7-13(11)21-14-12(20-15(21)18)8-10(17)9-19-14/h4-9H,1-3H3,(H2,18,20). The van der Waals surface area contributed by atoms with Gasteiger partial charge in [0.15, 0.2) is 5.65 Å². The van der Waals surface area contributed by atoms with Gasteiger partial charge in [0.2, 0.25) is 5.95 Å². The smallest absolute Gasteiger partial charge is 0.207 e. The van der Waals surface area contributed by atoms with E-state index in [1.807, 2.05) is 22.8 Å². The van der Waals surface area contributed by atoms with Gasteiger partial charge in [-0.05, 0) is 39.0 Å². The number of hydrogen-bond acceptors (Lipinski definition) is 3. The largest absolute Gasteiger partial charge is 0.369 e. The van der Waals surface area contributed by atoms with Crippen LogP contribution in [0.2, 0.25) is 0 Å². The second-order valence-electron chi connectivity index (χ2n) is 6.07. The van der Waals surface area contributed by atoms with Crippen LogP contribution in [0.3, 0.4) is 0 Å². The lowest BCUT2D eigenvalue weighted by Gasteiger charge is -2.23. The zero-order valence-corrected chi connectivity index (χ0v) is 13.8. The van der Waals surface area contributed by atoms with Gasteiger partial charge in [-0.3, -0.25) is 4.57 Å². The Morgan fingerprint density at radius 1 is 1.19 bits per heavy atom. The first-order valence-electron chi connectivity index (χ1n) is 6.77. The molecule has 2 heterocycles. The number of aromatic nitrogens is 3. The maximum absolute atomic E-state index is 6.14. The molecule has 0 bridgehead atoms. The van der Waals surface area contributed by atoms with Crippen molar-refractivity contribution < 1.29 is 0 Å². The third kappa shape index (κ3) is 2.42. The van der Waals surface area contributed by atoms with Gasteiger partial charge in [-0.15, -0.1) is 0 Å². The van der Waals surface area contributed by atoms with Crippen LogP contribution in [-0.4, -0.2) is 14.5 Å². The zero-order valence-electron chi connectivity index (χ0n) is 12.3. The summed E-state index contributed by atoms with van der Waals surface area (Å²) in [7, 11) is 0. The first kappa shape index (κ1) is 14.1. The summed E-state index contributed by atoms with van der Waals surface area (Å²) in [6.45, 7) is 6.56. The fraction of sp³-hybridized carbons (Fsp3) is 0.250. The molecule has 0 spiro atoms. The van der Waals surface area contributed by atoms with Crippen LogP contribution in [0.25, 0.3) is 16.9 Å². The van der Waals surface area contributed by atoms with E-state index in [0.29, 0.717) is 5.95 Å². The van der Waals surface area contributed by atoms with Gasteiger partial charge in [0.1, 0.15) is 5.52 Å². The van der Waals surface area contributed by atoms with Crippen molar-refractivity contribution in [2.75, 3.05) is 5.73 Å². The molecule has 0 atom stereocenters. The molecule has 0 radical (unpaired) electrons. The number of nitrogens with two attached hydrogens (primary N) is 1. The van der Waals surface area contributed by atoms with Gasteiger partial charge >= 0.3 is 0 Å². The molecule has 0 unspecified atom stereocenters. The van der Waals surface area contributed by atoms with E-state index in [1.165, 1.54) is 5.56 Å². The van der Waals surface area contributed by atoms with E-state index in [2.05, 4.69) is 58.8 Å². The third-order valence-electron chi connectivity index (χ3n) is 3.44. The molecule has 4 nitrogen and oxygen atoms in total. The van der Waals surface area contributed by atoms with E-state index >= 15 is 0 Å². The number of rotatable bonds is 1. The number of para-hydroxylation sites is 1. The molecule has 5 heteroatoms. The lowest BCUT2D eigenvalue weighted by molar-refractivity contribution is 0.587. The highest BCUT2D eigenvalue weighted by atomic mass is 79.9. The van der Waals surface area contributed by atoms with Crippen LogP contribution < -0.4 is 5.73 Å². The monoisotopic (exact) mass is 344 g/mol. The van der Waals surface area contributed by atoms with Gasteiger partial charge in [-0.25, -0.2) is 9.97 Å². The number of nitrogens with zero attached hydrogens (tertiary/aromatic N) is 3. The zero-order chi connectivity index (χ0) is 15.2. The molecule has 0 aliphatic heterocycles. The van der Waals surface area contributed by atoms with Gasteiger partial charge in [-0.1, -0.05) is 39.0 Å². The van der Waals surface area contributed by atoms with Crippen LogP contribution in [0, 0.1) is 0 Å². The molecule has 0 aliphatic carbocycles. The van der Waals surface area contributed by atoms with Crippen molar-refractivity contribution in [1.82, 2.24) is 14.5 Å². The topological polar surface area (TPSA) is 56.7 Å². The van der Waals surface area contributed by atoms with Crippen molar-refractivity contribution in [1.29, 1.82) is 0 Å². The lowest BCUT2D eigenvalue weighted by atomic mass is 9.86. The fourth-order valence-electron chi connectivity index (χ4n) is 2.50. The van der Waals surface area contributed by atoms with Gasteiger partial charge in [0, 0.05) is 10.7 Å². The van der Waals surface area contributed by atoms with E-state index in [0.717, 1.165) is 21.3 Å². The van der Waals surface area contributed by atoms with Crippen LogP contribution >= 0.6 is 15.9 Å². The number of fused-ring (bicyclic) bond motifs is 1. The van der Waals surface area contributed by atoms with Crippen LogP contribution in [0.15, 0.2) is 41.0 Å². The average molecular weight is 345 g/mol. The maximum Gasteiger partial charge on any atom is 0.207 e. The minimum atomic E-state index is 0.00892. The Kier molecular flexibility index (Phi) is 3.24. The number of nitrogen functional groups attached to an aromatic ring is 1. The van der Waals surface area contributed by atoms with Gasteiger partial charge in [0.05, 0.1) is 5.69 Å². The second kappa shape index (κ2) is 4.84. The van der Waals surface area contributed by atoms with E-state index in [4.69, 9.17) is 5.73 Å². The molecule has 3 rings (SSSR count). The first-order valence-corrected chi connectivity index (χ1v) is 7.56.